The molecule has 0 saturated heterocycles. The molecule has 0 amide bonds. The fraction of sp³-hybridized carbons (Fsp3) is 0.286. The minimum absolute atomic E-state index is 0.179. The molecular weight excluding hydrogens is 237 g/mol. The molecule has 0 aliphatic rings. The molecule has 0 aromatic heterocycles. The molecule has 7 heteroatoms. The topological polar surface area (TPSA) is 38.4 Å². The summed E-state index contributed by atoms with van der Waals surface area (Å²) in [5, 5.41) is -0.530. The summed E-state index contributed by atoms with van der Waals surface area (Å²) in [5.41, 5.74) is 3.62. The summed E-state index contributed by atoms with van der Waals surface area (Å²) in [4.78, 5) is 3.42. The Morgan fingerprint density at radius 3 is 2.36 bits per heavy atom. The summed E-state index contributed by atoms with van der Waals surface area (Å²) in [7, 11) is 0. The van der Waals surface area contributed by atoms with Crippen molar-refractivity contribution in [2.75, 3.05) is 6.26 Å². The largest absolute Gasteiger partial charge is 0.420 e. The van der Waals surface area contributed by atoms with Gasteiger partial charge in [0, 0.05) is 6.20 Å². The van der Waals surface area contributed by atoms with Crippen molar-refractivity contribution in [2.24, 2.45) is 10.7 Å². The fourth-order valence-electron chi connectivity index (χ4n) is 0.496. The third-order valence-electron chi connectivity index (χ3n) is 1.15. The van der Waals surface area contributed by atoms with E-state index in [9.17, 15) is 13.2 Å². The van der Waals surface area contributed by atoms with Crippen molar-refractivity contribution in [3.63, 3.8) is 0 Å². The standard InChI is InChI=1S/C7H8ClF3N2S/c1-4(14-2)13-6(8)5(3-12)7(9,10)11/h3H,1,12H2,2H3/b5-3+,13-6+. The molecule has 0 radical (unpaired) electrons. The number of aliphatic imine (C=N–C) groups is 1. The first-order valence-electron chi connectivity index (χ1n) is 3.29. The van der Waals surface area contributed by atoms with Crippen LogP contribution in [-0.4, -0.2) is 17.6 Å². The maximum Gasteiger partial charge on any atom is 0.420 e. The first kappa shape index (κ1) is 13.4. The molecule has 0 unspecified atom stereocenters. The minimum atomic E-state index is -4.60. The van der Waals surface area contributed by atoms with Crippen LogP contribution in [0, 0.1) is 0 Å². The molecule has 0 bridgehead atoms. The van der Waals surface area contributed by atoms with Gasteiger partial charge < -0.3 is 5.73 Å². The van der Waals surface area contributed by atoms with Crippen molar-refractivity contribution < 1.29 is 13.2 Å². The maximum atomic E-state index is 12.2. The molecule has 0 rings (SSSR count). The van der Waals surface area contributed by atoms with E-state index in [1.165, 1.54) is 0 Å². The molecule has 2 N–H and O–H groups in total. The highest BCUT2D eigenvalue weighted by atomic mass is 35.5. The smallest absolute Gasteiger partial charge is 0.404 e. The molecule has 14 heavy (non-hydrogen) atoms. The van der Waals surface area contributed by atoms with Gasteiger partial charge in [-0.1, -0.05) is 18.2 Å². The summed E-state index contributed by atoms with van der Waals surface area (Å²) < 4.78 is 36.5. The van der Waals surface area contributed by atoms with E-state index in [0.717, 1.165) is 11.8 Å². The van der Waals surface area contributed by atoms with E-state index in [0.29, 0.717) is 6.20 Å². The number of nitrogens with two attached hydrogens (primary N) is 1. The number of hydrogen-bond donors (Lipinski definition) is 1. The lowest BCUT2D eigenvalue weighted by Gasteiger charge is -2.08. The first-order valence-corrected chi connectivity index (χ1v) is 4.89. The van der Waals surface area contributed by atoms with Crippen LogP contribution in [-0.2, 0) is 0 Å². The van der Waals surface area contributed by atoms with E-state index in [1.54, 1.807) is 6.26 Å². The Labute approximate surface area is 88.7 Å². The SMILES string of the molecule is C=C(/N=C(Cl)\C(=C/N)C(F)(F)F)SC. The monoisotopic (exact) mass is 244 g/mol. The number of alkyl halides is 3. The zero-order valence-electron chi connectivity index (χ0n) is 7.23. The number of thioether (sulfide) groups is 1. The molecular formula is C7H8ClF3N2S. The van der Waals surface area contributed by atoms with Crippen LogP contribution in [0.1, 0.15) is 0 Å². The van der Waals surface area contributed by atoms with Crippen LogP contribution in [0.5, 0.6) is 0 Å². The molecule has 0 aliphatic heterocycles. The Hall–Kier alpha value is -0.620. The number of hydrogen-bond acceptors (Lipinski definition) is 3. The lowest BCUT2D eigenvalue weighted by atomic mass is 10.3. The summed E-state index contributed by atoms with van der Waals surface area (Å²) in [6.07, 6.45) is -2.61. The number of nitrogens with zero attached hydrogens (tertiary/aromatic N) is 1. The minimum Gasteiger partial charge on any atom is -0.404 e. The average molecular weight is 245 g/mol. The Morgan fingerprint density at radius 1 is 1.57 bits per heavy atom. The van der Waals surface area contributed by atoms with Gasteiger partial charge in [-0.3, -0.25) is 0 Å². The van der Waals surface area contributed by atoms with E-state index in [2.05, 4.69) is 11.6 Å². The van der Waals surface area contributed by atoms with Gasteiger partial charge in [0.1, 0.15) is 10.7 Å². The molecule has 0 spiro atoms. The zero-order chi connectivity index (χ0) is 11.4. The highest BCUT2D eigenvalue weighted by Crippen LogP contribution is 2.28. The molecule has 0 fully saturated rings. The Bertz CT molecular complexity index is 283. The van der Waals surface area contributed by atoms with Crippen molar-refractivity contribution in [2.45, 2.75) is 6.18 Å². The van der Waals surface area contributed by atoms with Crippen LogP contribution < -0.4 is 5.73 Å². The van der Waals surface area contributed by atoms with Crippen molar-refractivity contribution in [1.29, 1.82) is 0 Å². The second-order valence-corrected chi connectivity index (χ2v) is 3.32. The molecule has 0 aliphatic carbocycles. The van der Waals surface area contributed by atoms with Crippen LogP contribution in [0.15, 0.2) is 28.4 Å². The van der Waals surface area contributed by atoms with Crippen molar-refractivity contribution >= 4 is 28.5 Å². The molecule has 0 saturated carbocycles. The average Bonchev–Trinajstić information content (AvgIpc) is 2.02. The van der Waals surface area contributed by atoms with E-state index in [1.807, 2.05) is 0 Å². The lowest BCUT2D eigenvalue weighted by Crippen LogP contribution is -2.18. The first-order chi connectivity index (χ1) is 6.32. The molecule has 0 aromatic carbocycles. The van der Waals surface area contributed by atoms with Gasteiger partial charge in [-0.15, -0.1) is 11.8 Å². The Balaban J connectivity index is 4.92. The van der Waals surface area contributed by atoms with Crippen LogP contribution >= 0.6 is 23.4 Å². The van der Waals surface area contributed by atoms with Crippen LogP contribution in [0.2, 0.25) is 0 Å². The van der Waals surface area contributed by atoms with Crippen LogP contribution in [0.4, 0.5) is 13.2 Å². The molecule has 0 heterocycles. The molecule has 0 atom stereocenters. The van der Waals surface area contributed by atoms with Crippen molar-refractivity contribution in [3.8, 4) is 0 Å². The van der Waals surface area contributed by atoms with E-state index in [4.69, 9.17) is 17.3 Å². The summed E-state index contributed by atoms with van der Waals surface area (Å²) in [6, 6.07) is 0. The van der Waals surface area contributed by atoms with Crippen LogP contribution in [0.3, 0.4) is 0 Å². The summed E-state index contributed by atoms with van der Waals surface area (Å²) in [6.45, 7) is 3.37. The Morgan fingerprint density at radius 2 is 2.07 bits per heavy atom. The van der Waals surface area contributed by atoms with Crippen LogP contribution in [0.25, 0.3) is 0 Å². The van der Waals surface area contributed by atoms with Crippen molar-refractivity contribution in [1.82, 2.24) is 0 Å². The predicted octanol–water partition coefficient (Wildman–Crippen LogP) is 2.86. The second kappa shape index (κ2) is 5.31. The number of allylic oxidation sites excluding steroid dienone is 1. The molecule has 0 aromatic rings. The third kappa shape index (κ3) is 4.06. The predicted molar refractivity (Wildman–Crippen MR) is 54.3 cm³/mol. The highest BCUT2D eigenvalue weighted by molar-refractivity contribution is 8.02. The van der Waals surface area contributed by atoms with Crippen molar-refractivity contribution in [3.05, 3.63) is 23.4 Å². The summed E-state index contributed by atoms with van der Waals surface area (Å²) >= 11 is 6.40. The van der Waals surface area contributed by atoms with Gasteiger partial charge in [-0.2, -0.15) is 13.2 Å². The second-order valence-electron chi connectivity index (χ2n) is 2.08. The van der Waals surface area contributed by atoms with E-state index in [-0.39, 0.29) is 5.03 Å². The van der Waals surface area contributed by atoms with Gasteiger partial charge in [-0.05, 0) is 6.26 Å². The molecule has 2 nitrogen and oxygen atoms in total. The van der Waals surface area contributed by atoms with E-state index >= 15 is 0 Å². The van der Waals surface area contributed by atoms with E-state index < -0.39 is 16.9 Å². The maximum absolute atomic E-state index is 12.2. The van der Waals surface area contributed by atoms with Gasteiger partial charge >= 0.3 is 6.18 Å². The number of halogens is 4. The molecule has 80 valence electrons. The number of rotatable bonds is 3. The van der Waals surface area contributed by atoms with Gasteiger partial charge in [0.25, 0.3) is 0 Å². The fourth-order valence-corrected chi connectivity index (χ4v) is 1.00. The lowest BCUT2D eigenvalue weighted by molar-refractivity contribution is -0.0859. The van der Waals surface area contributed by atoms with Gasteiger partial charge in [0.2, 0.25) is 0 Å². The normalized spacial score (nSPS) is 14.4. The highest BCUT2D eigenvalue weighted by Gasteiger charge is 2.36. The van der Waals surface area contributed by atoms with Gasteiger partial charge in [0.15, 0.2) is 0 Å². The van der Waals surface area contributed by atoms with Gasteiger partial charge in [0.05, 0.1) is 5.03 Å². The third-order valence-corrected chi connectivity index (χ3v) is 2.00. The Kier molecular flexibility index (Phi) is 5.07. The quantitative estimate of drug-likeness (QED) is 0.776. The zero-order valence-corrected chi connectivity index (χ0v) is 8.80. The van der Waals surface area contributed by atoms with Gasteiger partial charge in [-0.25, -0.2) is 4.99 Å². The summed E-state index contributed by atoms with van der Waals surface area (Å²) in [5.74, 6) is 0.